The molecule has 0 aromatic carbocycles. The van der Waals surface area contributed by atoms with Gasteiger partial charge in [-0.2, -0.15) is 5.10 Å². The van der Waals surface area contributed by atoms with Crippen LogP contribution < -0.4 is 0 Å². The Hall–Kier alpha value is -1.04. The lowest BCUT2D eigenvalue weighted by Crippen LogP contribution is -2.36. The zero-order valence-electron chi connectivity index (χ0n) is 9.31. The molecule has 1 aromatic rings. The van der Waals surface area contributed by atoms with Gasteiger partial charge in [0.1, 0.15) is 12.2 Å². The van der Waals surface area contributed by atoms with Gasteiger partial charge in [0.05, 0.1) is 6.54 Å². The summed E-state index contributed by atoms with van der Waals surface area (Å²) >= 11 is 0. The molecule has 2 heterocycles. The monoisotopic (exact) mass is 230 g/mol. The summed E-state index contributed by atoms with van der Waals surface area (Å²) in [7, 11) is 1.84. The van der Waals surface area contributed by atoms with Crippen molar-refractivity contribution in [3.05, 3.63) is 12.2 Å². The van der Waals surface area contributed by atoms with E-state index in [1.165, 1.54) is 6.33 Å². The summed E-state index contributed by atoms with van der Waals surface area (Å²) in [5.41, 5.74) is 0. The predicted molar refractivity (Wildman–Crippen MR) is 55.0 cm³/mol. The average Bonchev–Trinajstić information content (AvgIpc) is 2.65. The highest BCUT2D eigenvalue weighted by molar-refractivity contribution is 4.85. The first-order chi connectivity index (χ1) is 7.66. The van der Waals surface area contributed by atoms with Crippen molar-refractivity contribution >= 4 is 0 Å². The van der Waals surface area contributed by atoms with Crippen LogP contribution in [0.2, 0.25) is 0 Å². The third-order valence-electron chi connectivity index (χ3n) is 3.16. The van der Waals surface area contributed by atoms with Crippen LogP contribution in [0.4, 0.5) is 8.78 Å². The first-order valence-electron chi connectivity index (χ1n) is 5.50. The van der Waals surface area contributed by atoms with Gasteiger partial charge in [-0.15, -0.1) is 0 Å². The lowest BCUT2D eigenvalue weighted by Gasteiger charge is -2.30. The summed E-state index contributed by atoms with van der Waals surface area (Å²) in [5, 5.41) is 3.98. The van der Waals surface area contributed by atoms with Crippen LogP contribution in [0.3, 0.4) is 0 Å². The number of hydrogen-bond acceptors (Lipinski definition) is 3. The Kier molecular flexibility index (Phi) is 3.48. The molecule has 0 spiro atoms. The third kappa shape index (κ3) is 2.55. The maximum Gasteiger partial charge on any atom is 0.241 e. The minimum Gasteiger partial charge on any atom is -0.296 e. The fourth-order valence-corrected chi connectivity index (χ4v) is 2.03. The molecule has 1 aliphatic heterocycles. The van der Waals surface area contributed by atoms with Gasteiger partial charge in [0.15, 0.2) is 0 Å². The van der Waals surface area contributed by atoms with Gasteiger partial charge in [-0.3, -0.25) is 9.58 Å². The predicted octanol–water partition coefficient (Wildman–Crippen LogP) is 1.29. The smallest absolute Gasteiger partial charge is 0.241 e. The van der Waals surface area contributed by atoms with E-state index in [0.717, 1.165) is 18.9 Å². The van der Waals surface area contributed by atoms with Crippen molar-refractivity contribution in [3.8, 4) is 0 Å². The molecule has 0 N–H and O–H groups in total. The molecule has 2 rings (SSSR count). The molecule has 0 amide bonds. The Morgan fingerprint density at radius 2 is 2.12 bits per heavy atom. The van der Waals surface area contributed by atoms with Crippen molar-refractivity contribution in [2.24, 2.45) is 13.0 Å². The number of aromatic nitrogens is 3. The quantitative estimate of drug-likeness (QED) is 0.784. The fourth-order valence-electron chi connectivity index (χ4n) is 2.03. The zero-order valence-corrected chi connectivity index (χ0v) is 9.31. The van der Waals surface area contributed by atoms with Crippen molar-refractivity contribution in [2.45, 2.75) is 25.8 Å². The number of rotatable bonds is 3. The average molecular weight is 230 g/mol. The van der Waals surface area contributed by atoms with Gasteiger partial charge in [0.2, 0.25) is 6.43 Å². The maximum atomic E-state index is 12.4. The lowest BCUT2D eigenvalue weighted by atomic mass is 9.97. The number of nitrogens with zero attached hydrogens (tertiary/aromatic N) is 4. The van der Waals surface area contributed by atoms with Gasteiger partial charge in [0.25, 0.3) is 0 Å². The summed E-state index contributed by atoms with van der Waals surface area (Å²) in [6.45, 7) is 2.15. The second kappa shape index (κ2) is 4.86. The summed E-state index contributed by atoms with van der Waals surface area (Å²) in [5.74, 6) is 0.464. The van der Waals surface area contributed by atoms with Crippen LogP contribution in [-0.2, 0) is 13.6 Å². The summed E-state index contributed by atoms with van der Waals surface area (Å²) in [4.78, 5) is 6.28. The summed E-state index contributed by atoms with van der Waals surface area (Å²) in [6.07, 6.45) is 0.503. The van der Waals surface area contributed by atoms with Gasteiger partial charge in [0, 0.05) is 13.0 Å². The molecule has 4 nitrogen and oxygen atoms in total. The number of likely N-dealkylation sites (tertiary alicyclic amines) is 1. The normalized spacial score (nSPS) is 19.5. The van der Waals surface area contributed by atoms with E-state index >= 15 is 0 Å². The highest BCUT2D eigenvalue weighted by Gasteiger charge is 2.26. The van der Waals surface area contributed by atoms with Crippen molar-refractivity contribution in [1.29, 1.82) is 0 Å². The topological polar surface area (TPSA) is 34.0 Å². The fraction of sp³-hybridized carbons (Fsp3) is 0.800. The Morgan fingerprint density at radius 3 is 2.62 bits per heavy atom. The van der Waals surface area contributed by atoms with Gasteiger partial charge >= 0.3 is 0 Å². The maximum absolute atomic E-state index is 12.4. The zero-order chi connectivity index (χ0) is 11.5. The molecule has 0 saturated carbocycles. The van der Waals surface area contributed by atoms with Gasteiger partial charge in [-0.05, 0) is 25.9 Å². The summed E-state index contributed by atoms with van der Waals surface area (Å²) in [6, 6.07) is 0. The van der Waals surface area contributed by atoms with Crippen LogP contribution in [0.25, 0.3) is 0 Å². The second-order valence-corrected chi connectivity index (χ2v) is 4.25. The van der Waals surface area contributed by atoms with E-state index in [1.54, 1.807) is 4.68 Å². The van der Waals surface area contributed by atoms with Gasteiger partial charge in [-0.25, -0.2) is 13.8 Å². The van der Waals surface area contributed by atoms with Crippen LogP contribution >= 0.6 is 0 Å². The molecular weight excluding hydrogens is 214 g/mol. The van der Waals surface area contributed by atoms with Gasteiger partial charge < -0.3 is 0 Å². The molecule has 0 aliphatic carbocycles. The third-order valence-corrected chi connectivity index (χ3v) is 3.16. The molecule has 0 atom stereocenters. The molecule has 0 radical (unpaired) electrons. The van der Waals surface area contributed by atoms with E-state index in [1.807, 2.05) is 7.05 Å². The van der Waals surface area contributed by atoms with E-state index in [2.05, 4.69) is 15.0 Å². The molecule has 1 saturated heterocycles. The number of halogens is 2. The molecule has 90 valence electrons. The number of hydrogen-bond donors (Lipinski definition) is 0. The van der Waals surface area contributed by atoms with E-state index in [9.17, 15) is 8.78 Å². The van der Waals surface area contributed by atoms with Crippen molar-refractivity contribution in [2.75, 3.05) is 13.1 Å². The van der Waals surface area contributed by atoms with Crippen LogP contribution in [0, 0.1) is 5.92 Å². The van der Waals surface area contributed by atoms with Crippen molar-refractivity contribution in [3.63, 3.8) is 0 Å². The molecule has 1 aliphatic rings. The van der Waals surface area contributed by atoms with Crippen LogP contribution in [0.5, 0.6) is 0 Å². The van der Waals surface area contributed by atoms with E-state index < -0.39 is 12.3 Å². The Morgan fingerprint density at radius 1 is 1.44 bits per heavy atom. The SMILES string of the molecule is Cn1ncnc1CN1CCC(C(F)F)CC1. The van der Waals surface area contributed by atoms with Crippen LogP contribution in [-0.4, -0.2) is 39.2 Å². The van der Waals surface area contributed by atoms with Crippen LogP contribution in [0.15, 0.2) is 6.33 Å². The number of aryl methyl sites for hydroxylation is 1. The lowest BCUT2D eigenvalue weighted by molar-refractivity contribution is 0.0328. The Labute approximate surface area is 93.3 Å². The minimum absolute atomic E-state index is 0.421. The first-order valence-corrected chi connectivity index (χ1v) is 5.50. The number of piperidine rings is 1. The highest BCUT2D eigenvalue weighted by atomic mass is 19.3. The number of alkyl halides is 2. The van der Waals surface area contributed by atoms with Gasteiger partial charge in [-0.1, -0.05) is 0 Å². The Balaban J connectivity index is 1.84. The molecule has 0 bridgehead atoms. The van der Waals surface area contributed by atoms with E-state index in [0.29, 0.717) is 19.4 Å². The minimum atomic E-state index is -2.17. The van der Waals surface area contributed by atoms with E-state index in [-0.39, 0.29) is 0 Å². The Bertz CT molecular complexity index is 331. The molecule has 16 heavy (non-hydrogen) atoms. The standard InChI is InChI=1S/C10H16F2N4/c1-15-9(13-7-14-15)6-16-4-2-8(3-5-16)10(11)12/h7-8,10H,2-6H2,1H3. The molecule has 1 aromatic heterocycles. The van der Waals surface area contributed by atoms with Crippen molar-refractivity contribution < 1.29 is 8.78 Å². The molecular formula is C10H16F2N4. The molecule has 0 unspecified atom stereocenters. The second-order valence-electron chi connectivity index (χ2n) is 4.25. The van der Waals surface area contributed by atoms with Crippen LogP contribution in [0.1, 0.15) is 18.7 Å². The van der Waals surface area contributed by atoms with Crippen molar-refractivity contribution in [1.82, 2.24) is 19.7 Å². The largest absolute Gasteiger partial charge is 0.296 e. The summed E-state index contributed by atoms with van der Waals surface area (Å²) < 4.78 is 26.6. The van der Waals surface area contributed by atoms with E-state index in [4.69, 9.17) is 0 Å². The molecule has 6 heteroatoms. The first kappa shape index (κ1) is 11.4. The molecule has 1 fully saturated rings. The highest BCUT2D eigenvalue weighted by Crippen LogP contribution is 2.23.